The number of rotatable bonds is 11. The smallest absolute Gasteiger partial charge is 0.452 e. The van der Waals surface area contributed by atoms with Crippen LogP contribution in [0, 0.1) is 6.92 Å². The quantitative estimate of drug-likeness (QED) is 0.238. The van der Waals surface area contributed by atoms with Crippen molar-refractivity contribution in [3.8, 4) is 0 Å². The van der Waals surface area contributed by atoms with Gasteiger partial charge in [0, 0.05) is 28.8 Å². The summed E-state index contributed by atoms with van der Waals surface area (Å²) < 4.78 is 20.8. The number of amides is 1. The number of hydrogen-bond acceptors (Lipinski definition) is 9. The highest BCUT2D eigenvalue weighted by atomic mass is 32.2. The van der Waals surface area contributed by atoms with Crippen LogP contribution in [0.4, 0.5) is 10.6 Å². The van der Waals surface area contributed by atoms with E-state index >= 15 is 0 Å². The Morgan fingerprint density at radius 3 is 2.61 bits per heavy atom. The van der Waals surface area contributed by atoms with Crippen LogP contribution in [0.5, 0.6) is 0 Å². The molecule has 1 aromatic carbocycles. The normalized spacial score (nSPS) is 12.1. The molecule has 0 bridgehead atoms. The van der Waals surface area contributed by atoms with Gasteiger partial charge in [-0.1, -0.05) is 30.3 Å². The van der Waals surface area contributed by atoms with E-state index in [1.165, 1.54) is 11.1 Å². The number of benzene rings is 1. The van der Waals surface area contributed by atoms with E-state index in [0.29, 0.717) is 40.2 Å². The van der Waals surface area contributed by atoms with Crippen LogP contribution < -0.4 is 5.73 Å². The number of thioether (sulfide) groups is 1. The van der Waals surface area contributed by atoms with Crippen molar-refractivity contribution >= 4 is 37.1 Å². The molecular formula is C20H25N4O7PS. The van der Waals surface area contributed by atoms with Crippen LogP contribution in [0.3, 0.4) is 0 Å². The zero-order chi connectivity index (χ0) is 24.4. The van der Waals surface area contributed by atoms with Gasteiger partial charge < -0.3 is 25.2 Å². The largest absolute Gasteiger partial charge is 0.469 e. The van der Waals surface area contributed by atoms with Crippen molar-refractivity contribution in [3.05, 3.63) is 64.1 Å². The zero-order valence-corrected chi connectivity index (χ0v) is 19.8. The topological polar surface area (TPSA) is 165 Å². The van der Waals surface area contributed by atoms with E-state index in [1.54, 1.807) is 26.0 Å². The summed E-state index contributed by atoms with van der Waals surface area (Å²) in [5.74, 6) is 0.691. The Labute approximate surface area is 195 Å². The number of phosphoric ester groups is 1. The minimum absolute atomic E-state index is 0.0317. The molecule has 0 saturated carbocycles. The van der Waals surface area contributed by atoms with Gasteiger partial charge in [-0.15, -0.1) is 0 Å². The third-order valence-corrected chi connectivity index (χ3v) is 5.86. The van der Waals surface area contributed by atoms with Crippen molar-refractivity contribution in [3.63, 3.8) is 0 Å². The fourth-order valence-corrected chi connectivity index (χ4v) is 3.72. The van der Waals surface area contributed by atoms with E-state index in [2.05, 4.69) is 14.5 Å². The van der Waals surface area contributed by atoms with E-state index in [4.69, 9.17) is 20.3 Å². The molecule has 0 spiro atoms. The molecule has 0 aliphatic rings. The Kier molecular flexibility index (Phi) is 10.0. The van der Waals surface area contributed by atoms with Crippen molar-refractivity contribution in [2.75, 3.05) is 12.3 Å². The molecule has 1 heterocycles. The highest BCUT2D eigenvalue weighted by Gasteiger charge is 2.20. The van der Waals surface area contributed by atoms with Gasteiger partial charge in [-0.25, -0.2) is 19.3 Å². The van der Waals surface area contributed by atoms with Crippen LogP contribution in [0.2, 0.25) is 0 Å². The number of aryl methyl sites for hydroxylation is 1. The van der Waals surface area contributed by atoms with Crippen LogP contribution in [-0.2, 0) is 31.8 Å². The first-order chi connectivity index (χ1) is 15.6. The van der Waals surface area contributed by atoms with Gasteiger partial charge in [-0.3, -0.25) is 9.32 Å². The van der Waals surface area contributed by atoms with E-state index in [-0.39, 0.29) is 32.0 Å². The second-order valence-corrected chi connectivity index (χ2v) is 9.04. The zero-order valence-electron chi connectivity index (χ0n) is 18.1. The van der Waals surface area contributed by atoms with Crippen LogP contribution in [0.25, 0.3) is 0 Å². The lowest BCUT2D eigenvalue weighted by Gasteiger charge is -2.22. The van der Waals surface area contributed by atoms with Crippen LogP contribution in [0.15, 0.2) is 47.1 Å². The fraction of sp³-hybridized carbons (Fsp3) is 0.300. The molecular weight excluding hydrogens is 471 g/mol. The predicted molar refractivity (Wildman–Crippen MR) is 122 cm³/mol. The van der Waals surface area contributed by atoms with E-state index < -0.39 is 13.1 Å². The summed E-state index contributed by atoms with van der Waals surface area (Å²) in [5.41, 5.74) is 7.56. The highest BCUT2D eigenvalue weighted by Crippen LogP contribution is 2.37. The standard InChI is InChI=1S/C20H25N4O7PS/c1-14(24(13-25)11-17-10-22-15(2)23-19(17)21)18(8-9-31-32(27,28)29)33-20(26)30-12-16-6-4-3-5-7-16/h3-7,10,13H,8-9,11-12H2,1-2H3,(H2,21,22,23)(H2,27,28,29)/b18-14-. The number of hydrogen-bond donors (Lipinski definition) is 3. The van der Waals surface area contributed by atoms with Gasteiger partial charge in [0.15, 0.2) is 0 Å². The Morgan fingerprint density at radius 1 is 1.30 bits per heavy atom. The van der Waals surface area contributed by atoms with E-state index in [9.17, 15) is 14.2 Å². The summed E-state index contributed by atoms with van der Waals surface area (Å²) in [6.45, 7) is 2.97. The number of ether oxygens (including phenoxy) is 1. The SMILES string of the molecule is C/C(=C(\CCOP(=O)(O)O)SC(=O)OCc1ccccc1)N(C=O)Cc1cnc(C)nc1N. The molecule has 2 aromatic rings. The lowest BCUT2D eigenvalue weighted by atomic mass is 10.2. The number of phosphoric acid groups is 1. The van der Waals surface area contributed by atoms with Crippen LogP contribution in [-0.4, -0.2) is 43.0 Å². The van der Waals surface area contributed by atoms with Crippen molar-refractivity contribution in [2.24, 2.45) is 0 Å². The molecule has 0 aliphatic heterocycles. The Balaban J connectivity index is 2.19. The molecule has 1 aromatic heterocycles. The maximum absolute atomic E-state index is 12.4. The van der Waals surface area contributed by atoms with Crippen LogP contribution in [0.1, 0.15) is 30.3 Å². The molecule has 33 heavy (non-hydrogen) atoms. The average molecular weight is 496 g/mol. The van der Waals surface area contributed by atoms with Crippen molar-refractivity contribution in [2.45, 2.75) is 33.4 Å². The van der Waals surface area contributed by atoms with Crippen LogP contribution >= 0.6 is 19.6 Å². The first-order valence-electron chi connectivity index (χ1n) is 9.67. The third-order valence-electron chi connectivity index (χ3n) is 4.32. The third kappa shape index (κ3) is 9.32. The number of allylic oxidation sites excluding steroid dienone is 1. The number of carbonyl (C=O) groups excluding carboxylic acids is 2. The molecule has 2 rings (SSSR count). The monoisotopic (exact) mass is 496 g/mol. The van der Waals surface area contributed by atoms with Gasteiger partial charge >= 0.3 is 13.1 Å². The number of aromatic nitrogens is 2. The summed E-state index contributed by atoms with van der Waals surface area (Å²) in [4.78, 5) is 51.9. The molecule has 0 radical (unpaired) electrons. The van der Waals surface area contributed by atoms with Gasteiger partial charge in [-0.2, -0.15) is 0 Å². The number of carbonyl (C=O) groups is 2. The molecule has 11 nitrogen and oxygen atoms in total. The van der Waals surface area contributed by atoms with E-state index in [1.807, 2.05) is 18.2 Å². The minimum atomic E-state index is -4.70. The lowest BCUT2D eigenvalue weighted by Crippen LogP contribution is -2.22. The first-order valence-corrected chi connectivity index (χ1v) is 12.0. The van der Waals surface area contributed by atoms with Gasteiger partial charge in [0.05, 0.1) is 13.2 Å². The maximum atomic E-state index is 12.4. The molecule has 0 unspecified atom stereocenters. The van der Waals surface area contributed by atoms with E-state index in [0.717, 1.165) is 5.56 Å². The molecule has 0 aliphatic carbocycles. The summed E-state index contributed by atoms with van der Waals surface area (Å²) in [7, 11) is -4.70. The lowest BCUT2D eigenvalue weighted by molar-refractivity contribution is -0.116. The second kappa shape index (κ2) is 12.5. The average Bonchev–Trinajstić information content (AvgIpc) is 2.76. The summed E-state index contributed by atoms with van der Waals surface area (Å²) in [6, 6.07) is 9.07. The molecule has 4 N–H and O–H groups in total. The summed E-state index contributed by atoms with van der Waals surface area (Å²) in [6.07, 6.45) is 2.00. The van der Waals surface area contributed by atoms with Gasteiger partial charge in [-0.05, 0) is 31.2 Å². The number of nitrogens with zero attached hydrogens (tertiary/aromatic N) is 3. The minimum Gasteiger partial charge on any atom is -0.452 e. The highest BCUT2D eigenvalue weighted by molar-refractivity contribution is 8.16. The van der Waals surface area contributed by atoms with Crippen molar-refractivity contribution in [1.82, 2.24) is 14.9 Å². The summed E-state index contributed by atoms with van der Waals surface area (Å²) >= 11 is 0.706. The molecule has 0 atom stereocenters. The summed E-state index contributed by atoms with van der Waals surface area (Å²) in [5, 5.41) is -0.645. The maximum Gasteiger partial charge on any atom is 0.469 e. The first kappa shape index (κ1) is 26.5. The molecule has 0 saturated heterocycles. The Bertz CT molecular complexity index is 1050. The molecule has 0 fully saturated rings. The van der Waals surface area contributed by atoms with Gasteiger partial charge in [0.1, 0.15) is 18.2 Å². The molecule has 1 amide bonds. The second-order valence-electron chi connectivity index (χ2n) is 6.77. The number of anilines is 1. The van der Waals surface area contributed by atoms with Gasteiger partial charge in [0.2, 0.25) is 6.41 Å². The predicted octanol–water partition coefficient (Wildman–Crippen LogP) is 3.13. The molecule has 178 valence electrons. The van der Waals surface area contributed by atoms with Crippen molar-refractivity contribution < 1.29 is 33.2 Å². The van der Waals surface area contributed by atoms with Gasteiger partial charge in [0.25, 0.3) is 0 Å². The number of nitrogen functional groups attached to an aromatic ring is 1. The van der Waals surface area contributed by atoms with Crippen molar-refractivity contribution in [1.29, 1.82) is 0 Å². The Morgan fingerprint density at radius 2 is 2.00 bits per heavy atom. The fourth-order valence-electron chi connectivity index (χ4n) is 2.62. The molecule has 13 heteroatoms. The number of nitrogens with two attached hydrogens (primary N) is 1. The Hall–Kier alpha value is -2.76.